The first-order chi connectivity index (χ1) is 17.2. The van der Waals surface area contributed by atoms with E-state index in [0.29, 0.717) is 17.7 Å². The van der Waals surface area contributed by atoms with Gasteiger partial charge in [0.05, 0.1) is 13.0 Å². The predicted molar refractivity (Wildman–Crippen MR) is 140 cm³/mol. The van der Waals surface area contributed by atoms with Crippen LogP contribution in [0.15, 0.2) is 71.2 Å². The molecule has 0 spiro atoms. The molecule has 3 amide bonds. The zero-order valence-corrected chi connectivity index (χ0v) is 21.0. The second kappa shape index (κ2) is 11.6. The number of anilines is 1. The van der Waals surface area contributed by atoms with Gasteiger partial charge in [-0.05, 0) is 29.7 Å². The van der Waals surface area contributed by atoms with Gasteiger partial charge in [0, 0.05) is 34.4 Å². The van der Waals surface area contributed by atoms with Crippen LogP contribution in [0.25, 0.3) is 0 Å². The number of nitrogens with one attached hydrogen (secondary N) is 3. The number of carbonyl (C=O) groups is 4. The Kier molecular flexibility index (Phi) is 8.62. The quantitative estimate of drug-likeness (QED) is 0.436. The van der Waals surface area contributed by atoms with E-state index in [1.165, 1.54) is 25.6 Å². The number of amidine groups is 1. The summed E-state index contributed by atoms with van der Waals surface area (Å²) < 4.78 is 7.80. The first-order valence-corrected chi connectivity index (χ1v) is 12.9. The van der Waals surface area contributed by atoms with Crippen LogP contribution >= 0.6 is 10.2 Å². The van der Waals surface area contributed by atoms with E-state index in [9.17, 15) is 19.2 Å². The summed E-state index contributed by atoms with van der Waals surface area (Å²) in [5.74, 6) is -1.76. The van der Waals surface area contributed by atoms with Crippen LogP contribution in [0.1, 0.15) is 43.4 Å². The van der Waals surface area contributed by atoms with E-state index in [4.69, 9.17) is 10.5 Å². The molecule has 0 aromatic heterocycles. The zero-order chi connectivity index (χ0) is 26.3. The van der Waals surface area contributed by atoms with Gasteiger partial charge in [-0.2, -0.15) is 0 Å². The molecule has 0 saturated heterocycles. The molecule has 0 radical (unpaired) electrons. The molecular formula is C25H29N5O5S. The Morgan fingerprint density at radius 1 is 0.972 bits per heavy atom. The topological polar surface area (TPSA) is 152 Å². The average molecular weight is 512 g/mol. The van der Waals surface area contributed by atoms with Gasteiger partial charge in [0.1, 0.15) is 6.04 Å². The fourth-order valence-electron chi connectivity index (χ4n) is 3.64. The number of hydrogen-bond donors (Lipinski definition) is 4. The summed E-state index contributed by atoms with van der Waals surface area (Å²) in [6.45, 7) is 3.26. The predicted octanol–water partition coefficient (Wildman–Crippen LogP) is 3.40. The number of ether oxygens (including phenoxy) is 1. The number of benzene rings is 2. The van der Waals surface area contributed by atoms with Gasteiger partial charge in [-0.15, -0.1) is 0 Å². The second-order valence-corrected chi connectivity index (χ2v) is 10.5. The van der Waals surface area contributed by atoms with Crippen LogP contribution in [-0.2, 0) is 19.1 Å². The van der Waals surface area contributed by atoms with Gasteiger partial charge in [-0.3, -0.25) is 19.1 Å². The summed E-state index contributed by atoms with van der Waals surface area (Å²) >= 11 is 0. The van der Waals surface area contributed by atoms with Gasteiger partial charge in [-0.1, -0.05) is 49.4 Å². The lowest BCUT2D eigenvalue weighted by atomic mass is 9.96. The summed E-state index contributed by atoms with van der Waals surface area (Å²) in [5, 5.41) is 5.91. The number of nitrogens with two attached hydrogens (primary N) is 1. The van der Waals surface area contributed by atoms with E-state index in [0.717, 1.165) is 5.56 Å². The van der Waals surface area contributed by atoms with Crippen LogP contribution in [0, 0.1) is 0 Å². The number of nitrogens with zero attached hydrogens (tertiary/aromatic N) is 1. The molecule has 1 aliphatic rings. The molecule has 0 fully saturated rings. The standard InChI is InChI=1S/C25H29N5O5S/c1-4-20(17-8-6-5-7-9-17)22(32)30-36(25(34)35-3)15-14-27-24(36)29-23(33)21(26)18-10-12-19(13-11-18)28-16(2)31/h5-15,20-21H,4,26H2,1-3H3,(H,28,31)(H,30,32)(H,27,29,33)/t20?,21-/m1/s1. The minimum atomic E-state index is -2.95. The molecule has 0 saturated carbocycles. The summed E-state index contributed by atoms with van der Waals surface area (Å²) in [7, 11) is -1.75. The van der Waals surface area contributed by atoms with Crippen LogP contribution in [0.4, 0.5) is 10.5 Å². The lowest BCUT2D eigenvalue weighted by Crippen LogP contribution is -2.46. The van der Waals surface area contributed by atoms with Gasteiger partial charge in [0.15, 0.2) is 5.17 Å². The fraction of sp³-hybridized carbons (Fsp3) is 0.240. The van der Waals surface area contributed by atoms with Crippen molar-refractivity contribution in [3.63, 3.8) is 0 Å². The number of rotatable bonds is 6. The number of carbonyl (C=O) groups excluding carboxylic acids is 4. The molecule has 2 aromatic carbocycles. The van der Waals surface area contributed by atoms with Crippen molar-refractivity contribution in [2.75, 3.05) is 12.4 Å². The number of hydrogen-bond acceptors (Lipinski definition) is 7. The van der Waals surface area contributed by atoms with Gasteiger partial charge in [0.25, 0.3) is 0 Å². The van der Waals surface area contributed by atoms with E-state index >= 15 is 0 Å². The number of amides is 3. The maximum Gasteiger partial charge on any atom is 0.377 e. The summed E-state index contributed by atoms with van der Waals surface area (Å²) in [6, 6.07) is 14.6. The largest absolute Gasteiger partial charge is 0.460 e. The minimum absolute atomic E-state index is 0.0408. The lowest BCUT2D eigenvalue weighted by Gasteiger charge is -2.34. The van der Waals surface area contributed by atoms with Crippen molar-refractivity contribution in [3.05, 3.63) is 77.3 Å². The van der Waals surface area contributed by atoms with E-state index in [-0.39, 0.29) is 11.1 Å². The van der Waals surface area contributed by atoms with Crippen LogP contribution in [-0.4, -0.2) is 35.3 Å². The molecular weight excluding hydrogens is 482 g/mol. The van der Waals surface area contributed by atoms with Crippen molar-refractivity contribution in [1.29, 1.82) is 0 Å². The zero-order valence-electron chi connectivity index (χ0n) is 20.2. The Labute approximate surface area is 210 Å². The highest BCUT2D eigenvalue weighted by Gasteiger charge is 2.43. The molecule has 1 heterocycles. The molecule has 3 atom stereocenters. The molecule has 10 nitrogen and oxygen atoms in total. The Morgan fingerprint density at radius 3 is 2.22 bits per heavy atom. The maximum absolute atomic E-state index is 13.3. The van der Waals surface area contributed by atoms with Gasteiger partial charge in [0.2, 0.25) is 17.7 Å². The van der Waals surface area contributed by atoms with Crippen molar-refractivity contribution < 1.29 is 23.9 Å². The van der Waals surface area contributed by atoms with Gasteiger partial charge >= 0.3 is 5.30 Å². The van der Waals surface area contributed by atoms with Gasteiger partial charge < -0.3 is 21.1 Å². The Balaban J connectivity index is 1.80. The highest BCUT2D eigenvalue weighted by Crippen LogP contribution is 2.51. The lowest BCUT2D eigenvalue weighted by molar-refractivity contribution is -0.121. The van der Waals surface area contributed by atoms with E-state index in [1.807, 2.05) is 37.3 Å². The molecule has 3 rings (SSSR count). The van der Waals surface area contributed by atoms with Crippen LogP contribution < -0.4 is 21.1 Å². The monoisotopic (exact) mass is 511 g/mol. The van der Waals surface area contributed by atoms with Crippen molar-refractivity contribution >= 4 is 44.1 Å². The maximum atomic E-state index is 13.3. The van der Waals surface area contributed by atoms with Crippen molar-refractivity contribution in [2.24, 2.45) is 10.7 Å². The highest BCUT2D eigenvalue weighted by molar-refractivity contribution is 8.56. The first kappa shape index (κ1) is 26.6. The molecule has 2 unspecified atom stereocenters. The van der Waals surface area contributed by atoms with E-state index < -0.39 is 39.3 Å². The molecule has 0 aliphatic carbocycles. The number of methoxy groups -OCH3 is 1. The van der Waals surface area contributed by atoms with Crippen molar-refractivity contribution in [2.45, 2.75) is 32.2 Å². The van der Waals surface area contributed by atoms with E-state index in [2.05, 4.69) is 20.3 Å². The number of aliphatic imine (C=N–C) groups is 1. The third-order valence-corrected chi connectivity index (χ3v) is 8.05. The Bertz CT molecular complexity index is 1200. The SMILES string of the molecule is CCC(C(=O)NS1(C(=O)OC)C=CN=C1NC(=O)[C@H](N)c1ccc(NC(C)=O)cc1)c1ccccc1. The molecule has 190 valence electrons. The summed E-state index contributed by atoms with van der Waals surface area (Å²) in [6.07, 6.45) is 1.84. The molecule has 11 heteroatoms. The van der Waals surface area contributed by atoms with Gasteiger partial charge in [-0.25, -0.2) is 9.79 Å². The average Bonchev–Trinajstić information content (AvgIpc) is 3.26. The molecule has 5 N–H and O–H groups in total. The summed E-state index contributed by atoms with van der Waals surface area (Å²) in [5.41, 5.74) is 7.98. The molecule has 2 aromatic rings. The second-order valence-electron chi connectivity index (χ2n) is 7.94. The third kappa shape index (κ3) is 5.81. The Morgan fingerprint density at radius 2 is 1.64 bits per heavy atom. The van der Waals surface area contributed by atoms with Crippen LogP contribution in [0.2, 0.25) is 0 Å². The molecule has 36 heavy (non-hydrogen) atoms. The fourth-order valence-corrected chi connectivity index (χ4v) is 5.74. The normalized spacial score (nSPS) is 19.7. The summed E-state index contributed by atoms with van der Waals surface area (Å²) in [4.78, 5) is 54.6. The van der Waals surface area contributed by atoms with Crippen molar-refractivity contribution in [3.8, 4) is 0 Å². The Hall–Kier alpha value is -3.96. The highest BCUT2D eigenvalue weighted by atomic mass is 32.3. The first-order valence-electron chi connectivity index (χ1n) is 11.2. The van der Waals surface area contributed by atoms with Crippen LogP contribution in [0.3, 0.4) is 0 Å². The smallest absolute Gasteiger partial charge is 0.377 e. The van der Waals surface area contributed by atoms with E-state index in [1.54, 1.807) is 24.3 Å². The minimum Gasteiger partial charge on any atom is -0.460 e. The molecule has 0 bridgehead atoms. The molecule has 1 aliphatic heterocycles. The third-order valence-electron chi connectivity index (χ3n) is 5.48. The van der Waals surface area contributed by atoms with Crippen molar-refractivity contribution in [1.82, 2.24) is 10.0 Å². The van der Waals surface area contributed by atoms with Crippen LogP contribution in [0.5, 0.6) is 0 Å².